The first-order valence-corrected chi connectivity index (χ1v) is 8.62. The van der Waals surface area contributed by atoms with Crippen molar-refractivity contribution in [1.82, 2.24) is 0 Å². The Labute approximate surface area is 128 Å². The zero-order valence-corrected chi connectivity index (χ0v) is 13.7. The lowest BCUT2D eigenvalue weighted by Gasteiger charge is -2.28. The lowest BCUT2D eigenvalue weighted by Crippen LogP contribution is -2.56. The van der Waals surface area contributed by atoms with Crippen LogP contribution in [0.2, 0.25) is 0 Å². The van der Waals surface area contributed by atoms with Gasteiger partial charge in [0.15, 0.2) is 0 Å². The smallest absolute Gasteiger partial charge is 0.428 e. The van der Waals surface area contributed by atoms with E-state index in [2.05, 4.69) is 4.74 Å². The monoisotopic (exact) mass is 336 g/mol. The van der Waals surface area contributed by atoms with Gasteiger partial charge in [-0.2, -0.15) is 13.2 Å². The van der Waals surface area contributed by atoms with E-state index >= 15 is 0 Å². The summed E-state index contributed by atoms with van der Waals surface area (Å²) in [5, 5.41) is 0.516. The van der Waals surface area contributed by atoms with Gasteiger partial charge in [-0.1, -0.05) is 12.1 Å². The first kappa shape index (κ1) is 18.7. The Morgan fingerprint density at radius 1 is 0.955 bits per heavy atom. The van der Waals surface area contributed by atoms with Crippen molar-refractivity contribution in [3.05, 3.63) is 36.4 Å². The third-order valence-corrected chi connectivity index (χ3v) is 5.57. The van der Waals surface area contributed by atoms with E-state index in [-0.39, 0.29) is 5.75 Å². The van der Waals surface area contributed by atoms with Crippen LogP contribution in [-0.4, -0.2) is 28.6 Å². The molecule has 0 fully saturated rings. The molecule has 4 nitrogen and oxygen atoms in total. The average molecular weight is 336 g/mol. The Morgan fingerprint density at radius 3 is 1.95 bits per heavy atom. The molecule has 0 aromatic heterocycles. The summed E-state index contributed by atoms with van der Waals surface area (Å²) >= 11 is 0. The highest BCUT2D eigenvalue weighted by atomic mass is 28.4. The van der Waals surface area contributed by atoms with E-state index in [0.29, 0.717) is 25.0 Å². The molecule has 1 aromatic rings. The topological polar surface area (TPSA) is 36.9 Å². The molecular formula is C14H19F3O4Si. The highest BCUT2D eigenvalue weighted by molar-refractivity contribution is 6.75. The molecule has 0 saturated heterocycles. The fourth-order valence-corrected chi connectivity index (χ4v) is 4.35. The SMILES string of the molecule is CCO[Si](OCC)(OCC)c1cccc(OC(F)=C(F)F)c1. The molecule has 0 atom stereocenters. The maximum absolute atomic E-state index is 12.9. The second-order valence-electron chi connectivity index (χ2n) is 4.02. The van der Waals surface area contributed by atoms with E-state index in [1.165, 1.54) is 18.2 Å². The van der Waals surface area contributed by atoms with Gasteiger partial charge in [-0.15, -0.1) is 0 Å². The molecule has 0 unspecified atom stereocenters. The van der Waals surface area contributed by atoms with Gasteiger partial charge in [-0.3, -0.25) is 0 Å². The van der Waals surface area contributed by atoms with E-state index in [1.54, 1.807) is 26.8 Å². The van der Waals surface area contributed by atoms with Crippen molar-refractivity contribution in [3.8, 4) is 5.75 Å². The minimum Gasteiger partial charge on any atom is -0.428 e. The molecule has 1 aromatic carbocycles. The lowest BCUT2D eigenvalue weighted by atomic mass is 10.3. The standard InChI is InChI=1S/C14H19F3O4Si/c1-4-18-22(19-5-2,20-6-3)12-9-7-8-11(10-12)21-14(17)13(15)16/h7-10H,4-6H2,1-3H3. The molecule has 0 N–H and O–H groups in total. The molecular weight excluding hydrogens is 317 g/mol. The molecule has 0 spiro atoms. The van der Waals surface area contributed by atoms with Crippen LogP contribution < -0.4 is 9.92 Å². The van der Waals surface area contributed by atoms with Crippen molar-refractivity contribution in [2.24, 2.45) is 0 Å². The van der Waals surface area contributed by atoms with E-state index in [9.17, 15) is 13.2 Å². The summed E-state index contributed by atoms with van der Waals surface area (Å²) in [7, 11) is -3.19. The summed E-state index contributed by atoms with van der Waals surface area (Å²) in [5.74, 6) is -0.0845. The van der Waals surface area contributed by atoms with Gasteiger partial charge in [0, 0.05) is 25.0 Å². The van der Waals surface area contributed by atoms with Gasteiger partial charge in [0.1, 0.15) is 5.75 Å². The third kappa shape index (κ3) is 4.84. The van der Waals surface area contributed by atoms with Crippen molar-refractivity contribution < 1.29 is 31.2 Å². The summed E-state index contributed by atoms with van der Waals surface area (Å²) < 4.78 is 58.7. The van der Waals surface area contributed by atoms with Gasteiger partial charge in [0.2, 0.25) is 0 Å². The first-order valence-electron chi connectivity index (χ1n) is 6.90. The van der Waals surface area contributed by atoms with Crippen molar-refractivity contribution in [3.63, 3.8) is 0 Å². The van der Waals surface area contributed by atoms with Crippen LogP contribution in [0, 0.1) is 0 Å². The minimum atomic E-state index is -3.19. The van der Waals surface area contributed by atoms with Crippen LogP contribution in [-0.2, 0) is 13.3 Å². The van der Waals surface area contributed by atoms with Crippen LogP contribution in [0.3, 0.4) is 0 Å². The maximum atomic E-state index is 12.9. The highest BCUT2D eigenvalue weighted by Gasteiger charge is 2.43. The number of hydrogen-bond acceptors (Lipinski definition) is 4. The number of benzene rings is 1. The van der Waals surface area contributed by atoms with Crippen LogP contribution in [0.4, 0.5) is 13.2 Å². The van der Waals surface area contributed by atoms with Crippen molar-refractivity contribution >= 4 is 14.0 Å². The van der Waals surface area contributed by atoms with Crippen molar-refractivity contribution in [2.45, 2.75) is 20.8 Å². The van der Waals surface area contributed by atoms with Crippen LogP contribution in [0.25, 0.3) is 0 Å². The second kappa shape index (κ2) is 8.94. The predicted octanol–water partition coefficient (Wildman–Crippen LogP) is 3.36. The second-order valence-corrected chi connectivity index (χ2v) is 6.57. The Hall–Kier alpha value is -1.35. The van der Waals surface area contributed by atoms with Crippen LogP contribution in [0.5, 0.6) is 5.75 Å². The Kier molecular flexibility index (Phi) is 7.59. The van der Waals surface area contributed by atoms with Crippen LogP contribution in [0.1, 0.15) is 20.8 Å². The Morgan fingerprint density at radius 2 is 1.50 bits per heavy atom. The molecule has 22 heavy (non-hydrogen) atoms. The Bertz CT molecular complexity index is 490. The van der Waals surface area contributed by atoms with Gasteiger partial charge in [-0.25, -0.2) is 0 Å². The molecule has 0 heterocycles. The number of rotatable bonds is 9. The van der Waals surface area contributed by atoms with Gasteiger partial charge in [-0.05, 0) is 32.9 Å². The summed E-state index contributed by atoms with van der Waals surface area (Å²) in [5.41, 5.74) is 0. The van der Waals surface area contributed by atoms with Gasteiger partial charge >= 0.3 is 20.9 Å². The quantitative estimate of drug-likeness (QED) is 0.512. The summed E-state index contributed by atoms with van der Waals surface area (Å²) in [4.78, 5) is 0. The fraction of sp³-hybridized carbons (Fsp3) is 0.429. The molecule has 0 radical (unpaired) electrons. The van der Waals surface area contributed by atoms with Crippen LogP contribution in [0.15, 0.2) is 36.4 Å². The Balaban J connectivity index is 3.17. The highest BCUT2D eigenvalue weighted by Crippen LogP contribution is 2.19. The number of hydrogen-bond donors (Lipinski definition) is 0. The summed E-state index contributed by atoms with van der Waals surface area (Å²) in [6, 6.07) is 4.01. The zero-order chi connectivity index (χ0) is 16.6. The summed E-state index contributed by atoms with van der Waals surface area (Å²) in [6.07, 6.45) is -2.52. The molecule has 0 saturated carbocycles. The van der Waals surface area contributed by atoms with E-state index < -0.39 is 20.9 Å². The van der Waals surface area contributed by atoms with Gasteiger partial charge in [0.25, 0.3) is 0 Å². The normalized spacial score (nSPS) is 11.4. The predicted molar refractivity (Wildman–Crippen MR) is 77.7 cm³/mol. The lowest BCUT2D eigenvalue weighted by molar-refractivity contribution is 0.0858. The third-order valence-electron chi connectivity index (χ3n) is 2.55. The maximum Gasteiger partial charge on any atom is 0.537 e. The molecule has 1 rings (SSSR count). The minimum absolute atomic E-state index is 0.0845. The average Bonchev–Trinajstić information content (AvgIpc) is 2.48. The molecule has 0 aliphatic rings. The number of halogens is 3. The molecule has 0 amide bonds. The fourth-order valence-electron chi connectivity index (χ4n) is 1.84. The van der Waals surface area contributed by atoms with Gasteiger partial charge < -0.3 is 18.0 Å². The van der Waals surface area contributed by atoms with E-state index in [0.717, 1.165) is 0 Å². The molecule has 8 heteroatoms. The molecule has 0 aliphatic carbocycles. The molecule has 0 bridgehead atoms. The van der Waals surface area contributed by atoms with E-state index in [4.69, 9.17) is 13.3 Å². The molecule has 0 aliphatic heterocycles. The van der Waals surface area contributed by atoms with Gasteiger partial charge in [0.05, 0.1) is 0 Å². The van der Waals surface area contributed by atoms with Crippen molar-refractivity contribution in [2.75, 3.05) is 19.8 Å². The summed E-state index contributed by atoms with van der Waals surface area (Å²) in [6.45, 7) is 6.43. The molecule has 124 valence electrons. The van der Waals surface area contributed by atoms with E-state index in [1.807, 2.05) is 0 Å². The largest absolute Gasteiger partial charge is 0.537 e. The van der Waals surface area contributed by atoms with Crippen molar-refractivity contribution in [1.29, 1.82) is 0 Å². The van der Waals surface area contributed by atoms with Crippen LogP contribution >= 0.6 is 0 Å². The first-order chi connectivity index (χ1) is 10.5. The number of ether oxygens (including phenoxy) is 1. The zero-order valence-electron chi connectivity index (χ0n) is 12.7.